The largest absolute Gasteiger partial charge is 0.386 e. The van der Waals surface area contributed by atoms with E-state index in [4.69, 9.17) is 4.74 Å². The summed E-state index contributed by atoms with van der Waals surface area (Å²) in [5, 5.41) is 0. The van der Waals surface area contributed by atoms with Gasteiger partial charge in [-0.1, -0.05) is 57.7 Å². The van der Waals surface area contributed by atoms with Crippen molar-refractivity contribution in [1.82, 2.24) is 0 Å². The van der Waals surface area contributed by atoms with Crippen LogP contribution in [0.4, 0.5) is 22.0 Å². The maximum Gasteiger partial charge on any atom is 0.386 e. The van der Waals surface area contributed by atoms with E-state index in [1.54, 1.807) is 6.07 Å². The Morgan fingerprint density at radius 2 is 1.63 bits per heavy atom. The molecule has 194 valence electrons. The molecule has 2 aromatic carbocycles. The second-order valence-corrected chi connectivity index (χ2v) is 9.93. The first-order chi connectivity index (χ1) is 16.7. The monoisotopic (exact) mass is 496 g/mol. The van der Waals surface area contributed by atoms with Crippen LogP contribution in [0, 0.1) is 23.4 Å². The van der Waals surface area contributed by atoms with Crippen molar-refractivity contribution in [3.8, 4) is 0 Å². The molecule has 0 spiro atoms. The van der Waals surface area contributed by atoms with Gasteiger partial charge >= 0.3 is 6.11 Å². The first-order valence-electron chi connectivity index (χ1n) is 13.0. The van der Waals surface area contributed by atoms with Gasteiger partial charge in [0.2, 0.25) is 0 Å². The lowest BCUT2D eigenvalue weighted by molar-refractivity contribution is -0.274. The maximum absolute atomic E-state index is 14.9. The molecule has 1 saturated carbocycles. The molecule has 0 aliphatic heterocycles. The summed E-state index contributed by atoms with van der Waals surface area (Å²) in [6.45, 7) is 5.48. The third-order valence-corrected chi connectivity index (χ3v) is 7.31. The fraction of sp³-hybridized carbons (Fsp3) is 0.586. The fourth-order valence-corrected chi connectivity index (χ4v) is 5.26. The molecule has 0 aromatic heterocycles. The number of benzene rings is 2. The van der Waals surface area contributed by atoms with Crippen molar-refractivity contribution in [2.75, 3.05) is 0 Å². The molecule has 0 bridgehead atoms. The predicted octanol–water partition coefficient (Wildman–Crippen LogP) is 9.74. The summed E-state index contributed by atoms with van der Waals surface area (Å²) in [4.78, 5) is 0. The Labute approximate surface area is 206 Å². The molecule has 35 heavy (non-hydrogen) atoms. The minimum absolute atomic E-state index is 0.0507. The zero-order chi connectivity index (χ0) is 25.6. The van der Waals surface area contributed by atoms with Crippen molar-refractivity contribution in [2.24, 2.45) is 5.92 Å². The van der Waals surface area contributed by atoms with Crippen LogP contribution in [-0.2, 0) is 17.3 Å². The molecule has 1 aliphatic rings. The third kappa shape index (κ3) is 6.84. The second-order valence-electron chi connectivity index (χ2n) is 9.93. The Bertz CT molecular complexity index is 966. The zero-order valence-electron chi connectivity index (χ0n) is 21.0. The molecule has 1 atom stereocenters. The van der Waals surface area contributed by atoms with Crippen LogP contribution in [0.2, 0.25) is 0 Å². The van der Waals surface area contributed by atoms with E-state index in [1.807, 2.05) is 0 Å². The summed E-state index contributed by atoms with van der Waals surface area (Å²) < 4.78 is 79.0. The topological polar surface area (TPSA) is 9.23 Å². The summed E-state index contributed by atoms with van der Waals surface area (Å²) in [6.07, 6.45) is 3.72. The number of alkyl halides is 2. The standard InChI is InChI=1S/C29H37F5O/c1-4-6-7-9-21-12-15-23(26(30)18-21)19(3)35-29(33,34)25-17-16-24(27(31)28(25)32)22-13-10-20(8-5-2)11-14-22/h12,15-20,22H,4-11,13-14H2,1-3H3. The summed E-state index contributed by atoms with van der Waals surface area (Å²) in [6, 6.07) is 6.61. The number of aryl methyl sites for hydroxylation is 1. The van der Waals surface area contributed by atoms with E-state index < -0.39 is 35.2 Å². The highest BCUT2D eigenvalue weighted by Crippen LogP contribution is 2.42. The first kappa shape index (κ1) is 27.6. The molecular weight excluding hydrogens is 459 g/mol. The molecule has 1 aliphatic carbocycles. The van der Waals surface area contributed by atoms with Crippen LogP contribution < -0.4 is 0 Å². The van der Waals surface area contributed by atoms with E-state index in [1.165, 1.54) is 25.1 Å². The summed E-state index contributed by atoms with van der Waals surface area (Å²) in [7, 11) is 0. The molecule has 2 aromatic rings. The van der Waals surface area contributed by atoms with Crippen molar-refractivity contribution in [3.05, 3.63) is 70.0 Å². The smallest absolute Gasteiger partial charge is 0.308 e. The van der Waals surface area contributed by atoms with Crippen molar-refractivity contribution in [1.29, 1.82) is 0 Å². The Morgan fingerprint density at radius 1 is 0.914 bits per heavy atom. The lowest BCUT2D eigenvalue weighted by atomic mass is 9.77. The molecule has 3 rings (SSSR count). The van der Waals surface area contributed by atoms with Crippen molar-refractivity contribution in [2.45, 2.75) is 103 Å². The van der Waals surface area contributed by atoms with Gasteiger partial charge in [-0.05, 0) is 80.5 Å². The normalized spacial score (nSPS) is 19.7. The van der Waals surface area contributed by atoms with Gasteiger partial charge in [0.1, 0.15) is 5.82 Å². The van der Waals surface area contributed by atoms with E-state index >= 15 is 0 Å². The van der Waals surface area contributed by atoms with Crippen molar-refractivity contribution in [3.63, 3.8) is 0 Å². The minimum atomic E-state index is -4.12. The molecule has 0 amide bonds. The van der Waals surface area contributed by atoms with E-state index in [-0.39, 0.29) is 17.0 Å². The van der Waals surface area contributed by atoms with Crippen molar-refractivity contribution < 1.29 is 26.7 Å². The fourth-order valence-electron chi connectivity index (χ4n) is 5.26. The van der Waals surface area contributed by atoms with Crippen molar-refractivity contribution >= 4 is 0 Å². The Kier molecular flexibility index (Phi) is 9.74. The molecule has 0 radical (unpaired) electrons. The van der Waals surface area contributed by atoms with Crippen LogP contribution in [0.25, 0.3) is 0 Å². The van der Waals surface area contributed by atoms with Crippen LogP contribution in [0.5, 0.6) is 0 Å². The lowest BCUT2D eigenvalue weighted by Gasteiger charge is -2.29. The SMILES string of the molecule is CCCCCc1ccc(C(C)OC(F)(F)c2ccc(C3CCC(CCC)CC3)c(F)c2F)c(F)c1. The van der Waals surface area contributed by atoms with Gasteiger partial charge in [-0.3, -0.25) is 0 Å². The van der Waals surface area contributed by atoms with Gasteiger partial charge in [-0.2, -0.15) is 8.78 Å². The number of unbranched alkanes of at least 4 members (excludes halogenated alkanes) is 2. The van der Waals surface area contributed by atoms with E-state index in [2.05, 4.69) is 13.8 Å². The number of hydrogen-bond donors (Lipinski definition) is 0. The molecule has 1 nitrogen and oxygen atoms in total. The Balaban J connectivity index is 1.72. The quantitative estimate of drug-likeness (QED) is 0.222. The van der Waals surface area contributed by atoms with E-state index in [0.29, 0.717) is 12.3 Å². The van der Waals surface area contributed by atoms with Crippen LogP contribution in [0.15, 0.2) is 30.3 Å². The number of rotatable bonds is 11. The molecular formula is C29H37F5O. The Morgan fingerprint density at radius 3 is 2.26 bits per heavy atom. The zero-order valence-corrected chi connectivity index (χ0v) is 21.0. The van der Waals surface area contributed by atoms with Gasteiger partial charge in [0.25, 0.3) is 0 Å². The highest BCUT2D eigenvalue weighted by molar-refractivity contribution is 5.32. The van der Waals surface area contributed by atoms with E-state index in [0.717, 1.165) is 69.4 Å². The number of halogens is 5. The average molecular weight is 497 g/mol. The van der Waals surface area contributed by atoms with Crippen LogP contribution in [0.3, 0.4) is 0 Å². The predicted molar refractivity (Wildman–Crippen MR) is 129 cm³/mol. The van der Waals surface area contributed by atoms with Gasteiger partial charge in [0.15, 0.2) is 11.6 Å². The highest BCUT2D eigenvalue weighted by Gasteiger charge is 2.40. The van der Waals surface area contributed by atoms with Gasteiger partial charge < -0.3 is 4.74 Å². The Hall–Kier alpha value is -1.95. The van der Waals surface area contributed by atoms with Gasteiger partial charge in [-0.25, -0.2) is 13.2 Å². The van der Waals surface area contributed by atoms with Crippen LogP contribution >= 0.6 is 0 Å². The van der Waals surface area contributed by atoms with Gasteiger partial charge in [0, 0.05) is 5.56 Å². The first-order valence-corrected chi connectivity index (χ1v) is 13.0. The number of hydrogen-bond acceptors (Lipinski definition) is 1. The minimum Gasteiger partial charge on any atom is -0.308 e. The molecule has 0 heterocycles. The lowest BCUT2D eigenvalue weighted by Crippen LogP contribution is -2.24. The molecule has 6 heteroatoms. The summed E-state index contributed by atoms with van der Waals surface area (Å²) in [5.74, 6) is -3.07. The third-order valence-electron chi connectivity index (χ3n) is 7.31. The maximum atomic E-state index is 14.9. The second kappa shape index (κ2) is 12.3. The van der Waals surface area contributed by atoms with Crippen LogP contribution in [-0.4, -0.2) is 0 Å². The molecule has 0 saturated heterocycles. The molecule has 1 unspecified atom stereocenters. The van der Waals surface area contributed by atoms with E-state index in [9.17, 15) is 22.0 Å². The number of ether oxygens (including phenoxy) is 1. The summed E-state index contributed by atoms with van der Waals surface area (Å²) >= 11 is 0. The highest BCUT2D eigenvalue weighted by atomic mass is 19.3. The average Bonchev–Trinajstić information content (AvgIpc) is 2.81. The van der Waals surface area contributed by atoms with Crippen LogP contribution in [0.1, 0.15) is 113 Å². The van der Waals surface area contributed by atoms with Gasteiger partial charge in [-0.15, -0.1) is 0 Å². The summed E-state index contributed by atoms with van der Waals surface area (Å²) in [5.41, 5.74) is -0.284. The molecule has 0 N–H and O–H groups in total. The van der Waals surface area contributed by atoms with Gasteiger partial charge in [0.05, 0.1) is 11.7 Å². The molecule has 1 fully saturated rings.